The number of likely N-dealkylation sites (N-methyl/N-ethyl adjacent to an activating group) is 1. The Morgan fingerprint density at radius 3 is 2.58 bits per heavy atom. The molecule has 2 aromatic rings. The number of carbonyl (C=O) groups is 2. The summed E-state index contributed by atoms with van der Waals surface area (Å²) in [5.74, 6) is -0.397. The molecule has 1 N–H and O–H groups in total. The normalized spacial score (nSPS) is 16.2. The van der Waals surface area contributed by atoms with E-state index in [4.69, 9.17) is 0 Å². The van der Waals surface area contributed by atoms with E-state index in [9.17, 15) is 9.59 Å². The van der Waals surface area contributed by atoms with Gasteiger partial charge in [-0.3, -0.25) is 9.59 Å². The fourth-order valence-corrected chi connectivity index (χ4v) is 3.53. The summed E-state index contributed by atoms with van der Waals surface area (Å²) in [7, 11) is 2.06. The number of thiophene rings is 1. The molecule has 0 spiro atoms. The van der Waals surface area contributed by atoms with Gasteiger partial charge >= 0.3 is 0 Å². The van der Waals surface area contributed by atoms with E-state index in [0.717, 1.165) is 24.4 Å². The molecule has 6 heteroatoms. The van der Waals surface area contributed by atoms with Gasteiger partial charge in [0.25, 0.3) is 11.8 Å². The molecule has 1 saturated heterocycles. The van der Waals surface area contributed by atoms with Crippen LogP contribution in [0.3, 0.4) is 0 Å². The fraction of sp³-hybridized carbons (Fsp3) is 0.300. The average molecular weight is 369 g/mol. The molecule has 2 amide bonds. The van der Waals surface area contributed by atoms with Gasteiger partial charge in [0, 0.05) is 30.1 Å². The summed E-state index contributed by atoms with van der Waals surface area (Å²) in [5.41, 5.74) is 0.860. The second-order valence-corrected chi connectivity index (χ2v) is 7.32. The summed E-state index contributed by atoms with van der Waals surface area (Å²) < 4.78 is 0. The van der Waals surface area contributed by atoms with Gasteiger partial charge in [0.2, 0.25) is 0 Å². The van der Waals surface area contributed by atoms with E-state index in [1.807, 2.05) is 40.6 Å². The molecule has 1 aliphatic heterocycles. The van der Waals surface area contributed by atoms with Crippen molar-refractivity contribution in [1.29, 1.82) is 0 Å². The third-order valence-corrected chi connectivity index (χ3v) is 5.17. The van der Waals surface area contributed by atoms with Gasteiger partial charge in [-0.05, 0) is 49.7 Å². The number of benzene rings is 1. The van der Waals surface area contributed by atoms with Gasteiger partial charge in [-0.25, -0.2) is 0 Å². The van der Waals surface area contributed by atoms with Gasteiger partial charge in [0.15, 0.2) is 0 Å². The predicted molar refractivity (Wildman–Crippen MR) is 105 cm³/mol. The lowest BCUT2D eigenvalue weighted by Crippen LogP contribution is -2.40. The van der Waals surface area contributed by atoms with Crippen LogP contribution in [-0.4, -0.2) is 54.8 Å². The Hall–Kier alpha value is -2.44. The van der Waals surface area contributed by atoms with Crippen molar-refractivity contribution in [1.82, 2.24) is 15.1 Å². The summed E-state index contributed by atoms with van der Waals surface area (Å²) in [6.45, 7) is 3.18. The first-order chi connectivity index (χ1) is 12.6. The van der Waals surface area contributed by atoms with Gasteiger partial charge in [0.05, 0.1) is 0 Å². The largest absolute Gasteiger partial charge is 0.336 e. The summed E-state index contributed by atoms with van der Waals surface area (Å²) >= 11 is 1.54. The Morgan fingerprint density at radius 1 is 1.04 bits per heavy atom. The maximum absolute atomic E-state index is 13.1. The van der Waals surface area contributed by atoms with E-state index >= 15 is 0 Å². The Kier molecular flexibility index (Phi) is 6.20. The van der Waals surface area contributed by atoms with Gasteiger partial charge in [-0.2, -0.15) is 0 Å². The number of amides is 2. The van der Waals surface area contributed by atoms with E-state index in [2.05, 4.69) is 17.3 Å². The van der Waals surface area contributed by atoms with Crippen LogP contribution < -0.4 is 5.32 Å². The molecular weight excluding hydrogens is 346 g/mol. The van der Waals surface area contributed by atoms with Crippen LogP contribution in [0.15, 0.2) is 53.5 Å². The average Bonchev–Trinajstić information content (AvgIpc) is 3.07. The van der Waals surface area contributed by atoms with Crippen molar-refractivity contribution in [2.45, 2.75) is 6.42 Å². The van der Waals surface area contributed by atoms with E-state index < -0.39 is 0 Å². The van der Waals surface area contributed by atoms with Crippen molar-refractivity contribution in [3.05, 3.63) is 64.0 Å². The zero-order chi connectivity index (χ0) is 18.4. The van der Waals surface area contributed by atoms with Crippen molar-refractivity contribution in [2.75, 3.05) is 33.2 Å². The number of nitrogens with one attached hydrogen (secondary N) is 1. The van der Waals surface area contributed by atoms with Crippen molar-refractivity contribution in [2.24, 2.45) is 0 Å². The Labute approximate surface area is 157 Å². The summed E-state index contributed by atoms with van der Waals surface area (Å²) in [4.78, 5) is 30.6. The second kappa shape index (κ2) is 8.78. The quantitative estimate of drug-likeness (QED) is 0.843. The van der Waals surface area contributed by atoms with Gasteiger partial charge in [-0.15, -0.1) is 11.3 Å². The highest BCUT2D eigenvalue weighted by molar-refractivity contribution is 7.10. The first-order valence-corrected chi connectivity index (χ1v) is 9.61. The zero-order valence-corrected chi connectivity index (χ0v) is 15.7. The fourth-order valence-electron chi connectivity index (χ4n) is 2.87. The first kappa shape index (κ1) is 18.4. The number of hydrogen-bond donors (Lipinski definition) is 1. The minimum atomic E-state index is -0.270. The van der Waals surface area contributed by atoms with Gasteiger partial charge in [0.1, 0.15) is 5.70 Å². The molecule has 0 saturated carbocycles. The van der Waals surface area contributed by atoms with Crippen LogP contribution in [0, 0.1) is 0 Å². The molecule has 0 atom stereocenters. The maximum atomic E-state index is 13.1. The second-order valence-electron chi connectivity index (χ2n) is 6.34. The molecule has 2 heterocycles. The van der Waals surface area contributed by atoms with Crippen LogP contribution in [0.4, 0.5) is 0 Å². The Balaban J connectivity index is 1.81. The van der Waals surface area contributed by atoms with Crippen molar-refractivity contribution in [3.63, 3.8) is 0 Å². The smallest absolute Gasteiger partial charge is 0.270 e. The molecule has 0 unspecified atom stereocenters. The molecule has 1 fully saturated rings. The molecule has 5 nitrogen and oxygen atoms in total. The first-order valence-electron chi connectivity index (χ1n) is 8.73. The van der Waals surface area contributed by atoms with Crippen LogP contribution in [0.2, 0.25) is 0 Å². The lowest BCUT2D eigenvalue weighted by Gasteiger charge is -2.22. The highest BCUT2D eigenvalue weighted by Crippen LogP contribution is 2.15. The minimum Gasteiger partial charge on any atom is -0.336 e. The highest BCUT2D eigenvalue weighted by Gasteiger charge is 2.22. The highest BCUT2D eigenvalue weighted by atomic mass is 32.1. The molecule has 1 aliphatic rings. The monoisotopic (exact) mass is 369 g/mol. The van der Waals surface area contributed by atoms with Gasteiger partial charge in [-0.1, -0.05) is 24.3 Å². The third kappa shape index (κ3) is 4.80. The van der Waals surface area contributed by atoms with Crippen molar-refractivity contribution in [3.8, 4) is 0 Å². The van der Waals surface area contributed by atoms with Gasteiger partial charge < -0.3 is 15.1 Å². The lowest BCUT2D eigenvalue weighted by molar-refractivity contribution is -0.127. The van der Waals surface area contributed by atoms with Crippen molar-refractivity contribution < 1.29 is 9.59 Å². The molecule has 1 aromatic carbocycles. The van der Waals surface area contributed by atoms with Crippen LogP contribution in [0.25, 0.3) is 6.08 Å². The summed E-state index contributed by atoms with van der Waals surface area (Å²) in [6, 6.07) is 12.8. The Bertz CT molecular complexity index is 772. The van der Waals surface area contributed by atoms with Crippen LogP contribution >= 0.6 is 11.3 Å². The number of nitrogens with zero attached hydrogens (tertiary/aromatic N) is 2. The summed E-state index contributed by atoms with van der Waals surface area (Å²) in [6.07, 6.45) is 2.70. The number of rotatable bonds is 4. The number of hydrogen-bond acceptors (Lipinski definition) is 4. The molecule has 136 valence electrons. The Morgan fingerprint density at radius 2 is 1.85 bits per heavy atom. The standard InChI is InChI=1S/C20H23N3O2S/c1-22-10-6-11-23(13-12-22)20(25)18(15-17-9-5-14-26-17)21-19(24)16-7-3-2-4-8-16/h2-5,7-9,14-15H,6,10-13H2,1H3,(H,21,24). The molecule has 26 heavy (non-hydrogen) atoms. The molecule has 3 rings (SSSR count). The molecule has 0 radical (unpaired) electrons. The van der Waals surface area contributed by atoms with Crippen LogP contribution in [0.5, 0.6) is 0 Å². The van der Waals surface area contributed by atoms with Crippen molar-refractivity contribution >= 4 is 29.2 Å². The lowest BCUT2D eigenvalue weighted by atomic mass is 10.2. The minimum absolute atomic E-state index is 0.127. The van der Waals surface area contributed by atoms with Crippen LogP contribution in [0.1, 0.15) is 21.7 Å². The maximum Gasteiger partial charge on any atom is 0.270 e. The van der Waals surface area contributed by atoms with Crippen LogP contribution in [-0.2, 0) is 4.79 Å². The third-order valence-electron chi connectivity index (χ3n) is 4.35. The number of carbonyl (C=O) groups excluding carboxylic acids is 2. The molecule has 0 aliphatic carbocycles. The van der Waals surface area contributed by atoms with E-state index in [0.29, 0.717) is 24.4 Å². The molecular formula is C20H23N3O2S. The predicted octanol–water partition coefficient (Wildman–Crippen LogP) is 2.68. The summed E-state index contributed by atoms with van der Waals surface area (Å²) in [5, 5.41) is 4.78. The zero-order valence-electron chi connectivity index (χ0n) is 14.9. The van der Waals surface area contributed by atoms with E-state index in [1.165, 1.54) is 11.3 Å². The molecule has 0 bridgehead atoms. The van der Waals surface area contributed by atoms with E-state index in [-0.39, 0.29) is 11.8 Å². The topological polar surface area (TPSA) is 52.6 Å². The SMILES string of the molecule is CN1CCCN(C(=O)C(=Cc2cccs2)NC(=O)c2ccccc2)CC1. The molecule has 1 aromatic heterocycles. The van der Waals surface area contributed by atoms with E-state index in [1.54, 1.807) is 18.2 Å².